The molecule has 16 heavy (non-hydrogen) atoms. The van der Waals surface area contributed by atoms with Crippen LogP contribution in [0, 0.1) is 5.92 Å². The fraction of sp³-hybridized carbons (Fsp3) is 0.917. The van der Waals surface area contributed by atoms with Gasteiger partial charge in [-0.15, -0.1) is 0 Å². The molecule has 3 nitrogen and oxygen atoms in total. The van der Waals surface area contributed by atoms with Gasteiger partial charge in [0.1, 0.15) is 0 Å². The van der Waals surface area contributed by atoms with Crippen molar-refractivity contribution >= 4 is 17.2 Å². The number of hydrogen-bond donors (Lipinski definition) is 1. The Bertz CT molecular complexity index is 269. The SMILES string of the molecule is CC(CN1CC2CCCN2CC1C)C(N)=S. The Morgan fingerprint density at radius 3 is 2.94 bits per heavy atom. The standard InChI is InChI=1S/C12H23N3S/c1-9(12(13)16)6-15-8-11-4-3-5-14(11)7-10(15)2/h9-11H,3-8H2,1-2H3,(H2,13,16). The fourth-order valence-corrected chi connectivity index (χ4v) is 3.02. The minimum Gasteiger partial charge on any atom is -0.393 e. The number of hydrogen-bond acceptors (Lipinski definition) is 3. The summed E-state index contributed by atoms with van der Waals surface area (Å²) in [6, 6.07) is 1.43. The number of rotatable bonds is 3. The molecule has 2 aliphatic rings. The van der Waals surface area contributed by atoms with Crippen LogP contribution >= 0.6 is 12.2 Å². The van der Waals surface area contributed by atoms with Crippen LogP contribution < -0.4 is 5.73 Å². The first-order chi connectivity index (χ1) is 7.58. The fourth-order valence-electron chi connectivity index (χ4n) is 2.94. The molecule has 0 aromatic heterocycles. The summed E-state index contributed by atoms with van der Waals surface area (Å²) in [6.45, 7) is 9.20. The summed E-state index contributed by atoms with van der Waals surface area (Å²) < 4.78 is 0. The molecule has 2 rings (SSSR count). The summed E-state index contributed by atoms with van der Waals surface area (Å²) in [6.07, 6.45) is 2.74. The summed E-state index contributed by atoms with van der Waals surface area (Å²) in [5, 5.41) is 0. The van der Waals surface area contributed by atoms with Crippen molar-refractivity contribution in [1.82, 2.24) is 9.80 Å². The third-order valence-corrected chi connectivity index (χ3v) is 4.46. The van der Waals surface area contributed by atoms with Crippen molar-refractivity contribution in [3.8, 4) is 0 Å². The van der Waals surface area contributed by atoms with Crippen molar-refractivity contribution in [3.05, 3.63) is 0 Å². The number of fused-ring (bicyclic) bond motifs is 1. The molecule has 3 unspecified atom stereocenters. The van der Waals surface area contributed by atoms with Gasteiger partial charge >= 0.3 is 0 Å². The van der Waals surface area contributed by atoms with Gasteiger partial charge in [0.05, 0.1) is 4.99 Å². The summed E-state index contributed by atoms with van der Waals surface area (Å²) >= 11 is 5.06. The van der Waals surface area contributed by atoms with Crippen LogP contribution in [-0.4, -0.2) is 53.1 Å². The largest absolute Gasteiger partial charge is 0.393 e. The monoisotopic (exact) mass is 241 g/mol. The Labute approximate surface area is 104 Å². The van der Waals surface area contributed by atoms with Gasteiger partial charge in [-0.3, -0.25) is 9.80 Å². The third kappa shape index (κ3) is 2.55. The van der Waals surface area contributed by atoms with Crippen LogP contribution in [0.5, 0.6) is 0 Å². The first kappa shape index (κ1) is 12.3. The van der Waals surface area contributed by atoms with Gasteiger partial charge in [-0.25, -0.2) is 0 Å². The van der Waals surface area contributed by atoms with E-state index < -0.39 is 0 Å². The molecule has 0 aliphatic carbocycles. The van der Waals surface area contributed by atoms with Crippen molar-refractivity contribution in [2.45, 2.75) is 38.8 Å². The maximum absolute atomic E-state index is 5.70. The summed E-state index contributed by atoms with van der Waals surface area (Å²) in [5.74, 6) is 0.338. The van der Waals surface area contributed by atoms with E-state index in [1.165, 1.54) is 32.5 Å². The van der Waals surface area contributed by atoms with Crippen LogP contribution in [0.1, 0.15) is 26.7 Å². The summed E-state index contributed by atoms with van der Waals surface area (Å²) in [5.41, 5.74) is 5.70. The highest BCUT2D eigenvalue weighted by atomic mass is 32.1. The van der Waals surface area contributed by atoms with Gasteiger partial charge in [-0.05, 0) is 26.3 Å². The highest BCUT2D eigenvalue weighted by Crippen LogP contribution is 2.24. The Hall–Kier alpha value is -0.190. The van der Waals surface area contributed by atoms with Gasteiger partial charge in [-0.2, -0.15) is 0 Å². The predicted molar refractivity (Wildman–Crippen MR) is 71.6 cm³/mol. The molecule has 0 radical (unpaired) electrons. The average Bonchev–Trinajstić information content (AvgIpc) is 2.65. The van der Waals surface area contributed by atoms with Crippen molar-refractivity contribution in [1.29, 1.82) is 0 Å². The van der Waals surface area contributed by atoms with Gasteiger partial charge in [0.25, 0.3) is 0 Å². The van der Waals surface area contributed by atoms with E-state index in [4.69, 9.17) is 18.0 Å². The van der Waals surface area contributed by atoms with Gasteiger partial charge in [0, 0.05) is 37.6 Å². The first-order valence-electron chi connectivity index (χ1n) is 6.35. The highest BCUT2D eigenvalue weighted by Gasteiger charge is 2.34. The van der Waals surface area contributed by atoms with Gasteiger partial charge in [0.15, 0.2) is 0 Å². The molecule has 0 saturated carbocycles. The van der Waals surface area contributed by atoms with E-state index in [1.54, 1.807) is 0 Å². The molecule has 2 N–H and O–H groups in total. The minimum absolute atomic E-state index is 0.338. The summed E-state index contributed by atoms with van der Waals surface area (Å²) in [7, 11) is 0. The van der Waals surface area contributed by atoms with Crippen LogP contribution in [0.25, 0.3) is 0 Å². The second-order valence-corrected chi connectivity index (χ2v) is 5.87. The molecule has 2 aliphatic heterocycles. The third-order valence-electron chi connectivity index (χ3n) is 4.06. The van der Waals surface area contributed by atoms with E-state index in [1.807, 2.05) is 0 Å². The topological polar surface area (TPSA) is 32.5 Å². The Morgan fingerprint density at radius 1 is 1.50 bits per heavy atom. The van der Waals surface area contributed by atoms with Crippen molar-refractivity contribution in [3.63, 3.8) is 0 Å². The lowest BCUT2D eigenvalue weighted by atomic mass is 10.1. The van der Waals surface area contributed by atoms with E-state index in [9.17, 15) is 0 Å². The van der Waals surface area contributed by atoms with Crippen molar-refractivity contribution in [2.75, 3.05) is 26.2 Å². The van der Waals surface area contributed by atoms with Crippen LogP contribution in [0.3, 0.4) is 0 Å². The van der Waals surface area contributed by atoms with Gasteiger partial charge in [-0.1, -0.05) is 19.1 Å². The van der Waals surface area contributed by atoms with Crippen molar-refractivity contribution < 1.29 is 0 Å². The zero-order valence-corrected chi connectivity index (χ0v) is 11.2. The van der Waals surface area contributed by atoms with E-state index in [2.05, 4.69) is 23.6 Å². The zero-order valence-electron chi connectivity index (χ0n) is 10.4. The average molecular weight is 241 g/mol. The van der Waals surface area contributed by atoms with Crippen LogP contribution in [0.4, 0.5) is 0 Å². The second-order valence-electron chi connectivity index (χ2n) is 5.40. The Morgan fingerprint density at radius 2 is 2.25 bits per heavy atom. The number of thiocarbonyl (C=S) groups is 1. The van der Waals surface area contributed by atoms with Gasteiger partial charge in [0.2, 0.25) is 0 Å². The molecule has 2 fully saturated rings. The maximum atomic E-state index is 5.70. The quantitative estimate of drug-likeness (QED) is 0.750. The lowest BCUT2D eigenvalue weighted by molar-refractivity contribution is 0.0553. The predicted octanol–water partition coefficient (Wildman–Crippen LogP) is 1.08. The maximum Gasteiger partial charge on any atom is 0.0768 e. The number of piperazine rings is 1. The van der Waals surface area contributed by atoms with Crippen LogP contribution in [0.15, 0.2) is 0 Å². The Balaban J connectivity index is 1.92. The minimum atomic E-state index is 0.338. The molecular weight excluding hydrogens is 218 g/mol. The molecule has 0 bridgehead atoms. The van der Waals surface area contributed by atoms with E-state index in [-0.39, 0.29) is 0 Å². The van der Waals surface area contributed by atoms with E-state index in [0.29, 0.717) is 16.9 Å². The van der Waals surface area contributed by atoms with Crippen LogP contribution in [0.2, 0.25) is 0 Å². The smallest absolute Gasteiger partial charge is 0.0768 e. The molecule has 92 valence electrons. The van der Waals surface area contributed by atoms with Gasteiger partial charge < -0.3 is 5.73 Å². The molecule has 0 aromatic carbocycles. The van der Waals surface area contributed by atoms with E-state index in [0.717, 1.165) is 12.6 Å². The van der Waals surface area contributed by atoms with Crippen molar-refractivity contribution in [2.24, 2.45) is 11.7 Å². The first-order valence-corrected chi connectivity index (χ1v) is 6.76. The lowest BCUT2D eigenvalue weighted by Gasteiger charge is -2.43. The molecule has 2 saturated heterocycles. The van der Waals surface area contributed by atoms with Crippen LogP contribution in [-0.2, 0) is 0 Å². The molecule has 3 atom stereocenters. The molecule has 0 aromatic rings. The number of nitrogens with zero attached hydrogens (tertiary/aromatic N) is 2. The molecule has 4 heteroatoms. The highest BCUT2D eigenvalue weighted by molar-refractivity contribution is 7.80. The molecule has 0 spiro atoms. The Kier molecular flexibility index (Phi) is 3.82. The number of nitrogens with two attached hydrogens (primary N) is 1. The normalized spacial score (nSPS) is 33.6. The molecule has 2 heterocycles. The lowest BCUT2D eigenvalue weighted by Crippen LogP contribution is -2.56. The zero-order chi connectivity index (χ0) is 11.7. The second kappa shape index (κ2) is 4.98. The molecule has 0 amide bonds. The van der Waals surface area contributed by atoms with E-state index >= 15 is 0 Å². The molecular formula is C12H23N3S. The summed E-state index contributed by atoms with van der Waals surface area (Å²) in [4.78, 5) is 5.86.